The van der Waals surface area contributed by atoms with Crippen LogP contribution in [0.2, 0.25) is 0 Å². The van der Waals surface area contributed by atoms with Crippen molar-refractivity contribution in [3.63, 3.8) is 0 Å². The molecular weight excluding hydrogens is 391 g/mol. The minimum atomic E-state index is -0.0289. The van der Waals surface area contributed by atoms with Crippen molar-refractivity contribution in [2.45, 2.75) is 67.7 Å². The van der Waals surface area contributed by atoms with E-state index in [-0.39, 0.29) is 70.1 Å². The fourth-order valence-electron chi connectivity index (χ4n) is 2.88. The molecule has 0 saturated carbocycles. The van der Waals surface area contributed by atoms with Gasteiger partial charge in [0.2, 0.25) is 0 Å². The Balaban J connectivity index is -0.000000529. The molecule has 1 rings (SSSR count). The summed E-state index contributed by atoms with van der Waals surface area (Å²) in [4.78, 5) is 7.49. The van der Waals surface area contributed by atoms with Crippen LogP contribution in [0.4, 0.5) is 0 Å². The Hall–Kier alpha value is -0.714. The topological polar surface area (TPSA) is 28.7 Å². The Morgan fingerprint density at radius 3 is 2.10 bits per heavy atom. The SMILES string of the molecule is C=C/C=C(\C=C/C)C(CC(C)(C)/C(C=C)=C/C=C\C)c1cnc[nH]1.CC.CC.[CH3-].[K+]. The maximum Gasteiger partial charge on any atom is 1.00 e. The first-order valence-electron chi connectivity index (χ1n) is 10.4. The van der Waals surface area contributed by atoms with Crippen LogP contribution in [0.25, 0.3) is 0 Å². The van der Waals surface area contributed by atoms with E-state index in [9.17, 15) is 0 Å². The van der Waals surface area contributed by atoms with Crippen LogP contribution in [0.15, 0.2) is 85.4 Å². The molecule has 0 radical (unpaired) electrons. The standard InChI is InChI=1S/C22H30N2.2C2H6.CH3.K/c1-7-11-14-19(10-4)22(5,6)15-20(21-16-23-17-24-21)18(12-8-2)13-9-3;2*1-2;;/h7-14,16-17,20H,2,4,15H2,1,3,5-6H3,(H,23,24);2*1-2H3;1H3;/q;;;-1;+1/b11-7-,13-9-,18-12+,19-14+;;;;. The summed E-state index contributed by atoms with van der Waals surface area (Å²) < 4.78 is 0. The summed E-state index contributed by atoms with van der Waals surface area (Å²) in [5.74, 6) is 0.214. The molecule has 0 aliphatic carbocycles. The van der Waals surface area contributed by atoms with E-state index in [1.807, 2.05) is 66.0 Å². The van der Waals surface area contributed by atoms with E-state index in [0.717, 1.165) is 12.1 Å². The summed E-state index contributed by atoms with van der Waals surface area (Å²) in [6, 6.07) is 0. The van der Waals surface area contributed by atoms with Gasteiger partial charge >= 0.3 is 51.4 Å². The molecule has 1 atom stereocenters. The number of nitrogens with one attached hydrogen (secondary N) is 1. The van der Waals surface area contributed by atoms with Crippen molar-refractivity contribution in [1.82, 2.24) is 9.97 Å². The Morgan fingerprint density at radius 1 is 1.10 bits per heavy atom. The van der Waals surface area contributed by atoms with E-state index in [4.69, 9.17) is 0 Å². The molecule has 30 heavy (non-hydrogen) atoms. The number of allylic oxidation sites excluding steroid dienone is 10. The van der Waals surface area contributed by atoms with Crippen molar-refractivity contribution in [1.29, 1.82) is 0 Å². The average molecular weight is 437 g/mol. The van der Waals surface area contributed by atoms with Crippen molar-refractivity contribution in [3.05, 3.63) is 98.6 Å². The van der Waals surface area contributed by atoms with Crippen LogP contribution in [0.1, 0.15) is 73.4 Å². The van der Waals surface area contributed by atoms with Crippen LogP contribution in [0.3, 0.4) is 0 Å². The van der Waals surface area contributed by atoms with E-state index in [1.54, 1.807) is 6.33 Å². The Kier molecular flexibility index (Phi) is 28.0. The second kappa shape index (κ2) is 23.0. The van der Waals surface area contributed by atoms with Crippen molar-refractivity contribution < 1.29 is 51.4 Å². The van der Waals surface area contributed by atoms with Gasteiger partial charge < -0.3 is 12.4 Å². The third-order valence-electron chi connectivity index (χ3n) is 4.15. The number of aromatic nitrogens is 2. The number of H-pyrrole nitrogens is 1. The summed E-state index contributed by atoms with van der Waals surface area (Å²) in [6.07, 6.45) is 20.9. The Morgan fingerprint density at radius 2 is 1.70 bits per heavy atom. The van der Waals surface area contributed by atoms with Crippen molar-refractivity contribution in [2.75, 3.05) is 0 Å². The van der Waals surface area contributed by atoms with Gasteiger partial charge in [0.1, 0.15) is 0 Å². The Labute approximate surface area is 230 Å². The quantitative estimate of drug-likeness (QED) is 0.296. The molecule has 3 heteroatoms. The molecule has 1 unspecified atom stereocenters. The summed E-state index contributed by atoms with van der Waals surface area (Å²) in [5, 5.41) is 0. The molecule has 0 aliphatic heterocycles. The van der Waals surface area contributed by atoms with Crippen LogP contribution in [-0.4, -0.2) is 9.97 Å². The Bertz CT molecular complexity index is 644. The van der Waals surface area contributed by atoms with Gasteiger partial charge in [-0.1, -0.05) is 103 Å². The third kappa shape index (κ3) is 13.6. The molecule has 164 valence electrons. The number of aromatic amines is 1. The summed E-state index contributed by atoms with van der Waals surface area (Å²) >= 11 is 0. The zero-order valence-corrected chi connectivity index (χ0v) is 24.5. The molecular formula is C27H45KN2. The normalized spacial score (nSPS) is 12.5. The van der Waals surface area contributed by atoms with Crippen LogP contribution in [-0.2, 0) is 0 Å². The number of rotatable bonds is 9. The molecule has 2 nitrogen and oxygen atoms in total. The van der Waals surface area contributed by atoms with Crippen LogP contribution >= 0.6 is 0 Å². The molecule has 0 bridgehead atoms. The number of nitrogens with zero attached hydrogens (tertiary/aromatic N) is 1. The van der Waals surface area contributed by atoms with E-state index >= 15 is 0 Å². The summed E-state index contributed by atoms with van der Waals surface area (Å²) in [6.45, 7) is 24.4. The maximum atomic E-state index is 4.21. The van der Waals surface area contributed by atoms with Gasteiger partial charge in [0.15, 0.2) is 0 Å². The van der Waals surface area contributed by atoms with Gasteiger partial charge in [-0.05, 0) is 36.8 Å². The fourth-order valence-corrected chi connectivity index (χ4v) is 2.88. The zero-order valence-electron chi connectivity index (χ0n) is 21.4. The molecule has 1 aromatic heterocycles. The predicted octanol–water partition coefficient (Wildman–Crippen LogP) is 5.79. The fraction of sp³-hybridized carbons (Fsp3) is 0.407. The molecule has 1 aromatic rings. The first-order valence-corrected chi connectivity index (χ1v) is 10.4. The molecule has 0 aromatic carbocycles. The average Bonchev–Trinajstić information content (AvgIpc) is 3.24. The largest absolute Gasteiger partial charge is 1.00 e. The van der Waals surface area contributed by atoms with Gasteiger partial charge in [0, 0.05) is 17.8 Å². The maximum absolute atomic E-state index is 4.21. The van der Waals surface area contributed by atoms with Crippen LogP contribution in [0.5, 0.6) is 0 Å². The summed E-state index contributed by atoms with van der Waals surface area (Å²) in [5.41, 5.74) is 3.53. The van der Waals surface area contributed by atoms with Crippen LogP contribution in [0, 0.1) is 12.8 Å². The zero-order chi connectivity index (χ0) is 22.0. The number of hydrogen-bond acceptors (Lipinski definition) is 1. The van der Waals surface area contributed by atoms with Crippen molar-refractivity contribution >= 4 is 0 Å². The molecule has 1 heterocycles. The van der Waals surface area contributed by atoms with E-state index in [1.165, 1.54) is 11.1 Å². The minimum Gasteiger partial charge on any atom is -0.358 e. The van der Waals surface area contributed by atoms with E-state index in [2.05, 4.69) is 67.4 Å². The summed E-state index contributed by atoms with van der Waals surface area (Å²) in [7, 11) is 0. The van der Waals surface area contributed by atoms with Crippen molar-refractivity contribution in [2.24, 2.45) is 5.41 Å². The molecule has 0 spiro atoms. The van der Waals surface area contributed by atoms with Crippen LogP contribution < -0.4 is 51.4 Å². The van der Waals surface area contributed by atoms with Gasteiger partial charge in [0.05, 0.1) is 6.33 Å². The molecule has 0 saturated heterocycles. The van der Waals surface area contributed by atoms with Gasteiger partial charge in [-0.15, -0.1) is 0 Å². The number of hydrogen-bond donors (Lipinski definition) is 1. The third-order valence-corrected chi connectivity index (χ3v) is 4.15. The first-order chi connectivity index (χ1) is 13.5. The van der Waals surface area contributed by atoms with Gasteiger partial charge in [0.25, 0.3) is 0 Å². The monoisotopic (exact) mass is 436 g/mol. The second-order valence-electron chi connectivity index (χ2n) is 6.40. The number of imidazole rings is 1. The van der Waals surface area contributed by atoms with Gasteiger partial charge in [-0.3, -0.25) is 0 Å². The molecule has 0 fully saturated rings. The van der Waals surface area contributed by atoms with E-state index < -0.39 is 0 Å². The van der Waals surface area contributed by atoms with E-state index in [0.29, 0.717) is 0 Å². The smallest absolute Gasteiger partial charge is 0.358 e. The van der Waals surface area contributed by atoms with Gasteiger partial charge in [-0.25, -0.2) is 4.98 Å². The molecule has 0 amide bonds. The van der Waals surface area contributed by atoms with Gasteiger partial charge in [-0.2, -0.15) is 0 Å². The minimum absolute atomic E-state index is 0. The van der Waals surface area contributed by atoms with Crippen molar-refractivity contribution in [3.8, 4) is 0 Å². The second-order valence-corrected chi connectivity index (χ2v) is 6.40. The predicted molar refractivity (Wildman–Crippen MR) is 135 cm³/mol. The first kappa shape index (κ1) is 36.6. The molecule has 0 aliphatic rings. The molecule has 1 N–H and O–H groups in total.